The first-order valence-electron chi connectivity index (χ1n) is 6.98. The summed E-state index contributed by atoms with van der Waals surface area (Å²) in [5.74, 6) is 1.08. The Morgan fingerprint density at radius 3 is 2.75 bits per heavy atom. The molecule has 2 N–H and O–H groups in total. The maximum Gasteiger partial charge on any atom is 0.260 e. The van der Waals surface area contributed by atoms with E-state index in [-0.39, 0.29) is 18.6 Å². The molecule has 1 fully saturated rings. The van der Waals surface area contributed by atoms with Gasteiger partial charge in [-0.2, -0.15) is 0 Å². The van der Waals surface area contributed by atoms with Crippen LogP contribution in [0.3, 0.4) is 0 Å². The Morgan fingerprint density at radius 1 is 1.40 bits per heavy atom. The third kappa shape index (κ3) is 3.87. The van der Waals surface area contributed by atoms with Crippen LogP contribution in [-0.4, -0.2) is 36.5 Å². The number of ether oxygens (including phenoxy) is 1. The zero-order valence-corrected chi connectivity index (χ0v) is 12.5. The summed E-state index contributed by atoms with van der Waals surface area (Å²) in [6, 6.07) is 7.28. The monoisotopic (exact) mass is 296 g/mol. The van der Waals surface area contributed by atoms with Gasteiger partial charge in [0.2, 0.25) is 0 Å². The van der Waals surface area contributed by atoms with Gasteiger partial charge >= 0.3 is 0 Å². The fraction of sp³-hybridized carbons (Fsp3) is 0.533. The van der Waals surface area contributed by atoms with Crippen LogP contribution >= 0.6 is 11.6 Å². The number of nitrogens with two attached hydrogens (primary N) is 1. The third-order valence-electron chi connectivity index (χ3n) is 3.81. The average Bonchev–Trinajstić information content (AvgIpc) is 2.47. The first-order valence-corrected chi connectivity index (χ1v) is 7.36. The molecule has 2 unspecified atom stereocenters. The van der Waals surface area contributed by atoms with Gasteiger partial charge in [0.1, 0.15) is 5.75 Å². The van der Waals surface area contributed by atoms with Gasteiger partial charge in [0, 0.05) is 17.6 Å². The summed E-state index contributed by atoms with van der Waals surface area (Å²) in [5, 5.41) is 0.652. The van der Waals surface area contributed by atoms with Crippen molar-refractivity contribution in [3.63, 3.8) is 0 Å². The van der Waals surface area contributed by atoms with Crippen molar-refractivity contribution in [2.75, 3.05) is 19.7 Å². The Bertz CT molecular complexity index is 450. The Balaban J connectivity index is 1.88. The lowest BCUT2D eigenvalue weighted by molar-refractivity contribution is -0.137. The maximum absolute atomic E-state index is 12.2. The topological polar surface area (TPSA) is 55.6 Å². The van der Waals surface area contributed by atoms with Crippen LogP contribution in [0.1, 0.15) is 19.8 Å². The van der Waals surface area contributed by atoms with Crippen LogP contribution in [0.4, 0.5) is 0 Å². The fourth-order valence-corrected chi connectivity index (χ4v) is 2.61. The van der Waals surface area contributed by atoms with E-state index >= 15 is 0 Å². The number of halogens is 1. The first kappa shape index (κ1) is 15.1. The third-order valence-corrected chi connectivity index (χ3v) is 4.06. The number of carbonyl (C=O) groups excluding carboxylic acids is 1. The molecular formula is C15H21ClN2O2. The molecule has 2 rings (SSSR count). The predicted octanol–water partition coefficient (Wildman–Crippen LogP) is 2.30. The van der Waals surface area contributed by atoms with Crippen LogP contribution in [0, 0.1) is 5.92 Å². The van der Waals surface area contributed by atoms with Crippen molar-refractivity contribution >= 4 is 17.5 Å². The second-order valence-electron chi connectivity index (χ2n) is 5.32. The lowest BCUT2D eigenvalue weighted by atomic mass is 9.93. The van der Waals surface area contributed by atoms with E-state index in [2.05, 4.69) is 6.92 Å². The summed E-state index contributed by atoms with van der Waals surface area (Å²) in [6.07, 6.45) is 2.11. The van der Waals surface area contributed by atoms with Crippen LogP contribution in [0.15, 0.2) is 24.3 Å². The van der Waals surface area contributed by atoms with E-state index in [1.54, 1.807) is 24.3 Å². The Kier molecular flexibility index (Phi) is 5.26. The SMILES string of the molecule is CC1CCC(CN)CN1C(=O)COc1ccc(Cl)cc1. The summed E-state index contributed by atoms with van der Waals surface area (Å²) in [5.41, 5.74) is 5.71. The molecule has 1 amide bonds. The summed E-state index contributed by atoms with van der Waals surface area (Å²) >= 11 is 5.80. The van der Waals surface area contributed by atoms with E-state index in [4.69, 9.17) is 22.1 Å². The molecule has 1 aliphatic rings. The fourth-order valence-electron chi connectivity index (χ4n) is 2.48. The number of likely N-dealkylation sites (tertiary alicyclic amines) is 1. The summed E-state index contributed by atoms with van der Waals surface area (Å²) in [6.45, 7) is 3.51. The molecule has 0 aromatic heterocycles. The highest BCUT2D eigenvalue weighted by atomic mass is 35.5. The molecule has 1 saturated heterocycles. The van der Waals surface area contributed by atoms with E-state index in [0.29, 0.717) is 23.2 Å². The molecule has 1 aliphatic heterocycles. The molecule has 0 aliphatic carbocycles. The molecule has 0 saturated carbocycles. The minimum atomic E-state index is 0.0191. The summed E-state index contributed by atoms with van der Waals surface area (Å²) < 4.78 is 5.51. The zero-order valence-electron chi connectivity index (χ0n) is 11.7. The molecule has 1 heterocycles. The number of nitrogens with zero attached hydrogens (tertiary/aromatic N) is 1. The lowest BCUT2D eigenvalue weighted by Gasteiger charge is -2.37. The lowest BCUT2D eigenvalue weighted by Crippen LogP contribution is -2.48. The Hall–Kier alpha value is -1.26. The average molecular weight is 297 g/mol. The van der Waals surface area contributed by atoms with Gasteiger partial charge < -0.3 is 15.4 Å². The van der Waals surface area contributed by atoms with Crippen molar-refractivity contribution in [2.45, 2.75) is 25.8 Å². The van der Waals surface area contributed by atoms with Gasteiger partial charge in [0.05, 0.1) is 0 Å². The number of carbonyl (C=O) groups is 1. The largest absolute Gasteiger partial charge is 0.484 e. The number of amides is 1. The van der Waals surface area contributed by atoms with Crippen LogP contribution in [0.25, 0.3) is 0 Å². The predicted molar refractivity (Wildman–Crippen MR) is 79.9 cm³/mol. The molecule has 1 aromatic carbocycles. The van der Waals surface area contributed by atoms with E-state index in [1.807, 2.05) is 4.90 Å². The standard InChI is InChI=1S/C15H21ClN2O2/c1-11-2-3-12(8-17)9-18(11)15(19)10-20-14-6-4-13(16)5-7-14/h4-7,11-12H,2-3,8-10,17H2,1H3. The molecule has 0 spiro atoms. The Labute approximate surface area is 124 Å². The van der Waals surface area contributed by atoms with Gasteiger partial charge in [-0.05, 0) is 56.5 Å². The van der Waals surface area contributed by atoms with Crippen molar-refractivity contribution < 1.29 is 9.53 Å². The van der Waals surface area contributed by atoms with Crippen LogP contribution < -0.4 is 10.5 Å². The van der Waals surface area contributed by atoms with Gasteiger partial charge in [0.25, 0.3) is 5.91 Å². The van der Waals surface area contributed by atoms with Crippen molar-refractivity contribution in [2.24, 2.45) is 11.7 Å². The number of piperidine rings is 1. The van der Waals surface area contributed by atoms with Crippen molar-refractivity contribution in [3.8, 4) is 5.75 Å². The van der Waals surface area contributed by atoms with E-state index < -0.39 is 0 Å². The quantitative estimate of drug-likeness (QED) is 0.927. The van der Waals surface area contributed by atoms with Gasteiger partial charge in [0.15, 0.2) is 6.61 Å². The molecule has 4 nitrogen and oxygen atoms in total. The number of hydrogen-bond acceptors (Lipinski definition) is 3. The van der Waals surface area contributed by atoms with E-state index in [0.717, 1.165) is 19.4 Å². The first-order chi connectivity index (χ1) is 9.60. The number of benzene rings is 1. The second-order valence-corrected chi connectivity index (χ2v) is 5.75. The smallest absolute Gasteiger partial charge is 0.260 e. The highest BCUT2D eigenvalue weighted by Crippen LogP contribution is 2.21. The van der Waals surface area contributed by atoms with Gasteiger partial charge in [-0.15, -0.1) is 0 Å². The van der Waals surface area contributed by atoms with Crippen molar-refractivity contribution in [1.29, 1.82) is 0 Å². The minimum absolute atomic E-state index is 0.0191. The zero-order chi connectivity index (χ0) is 14.5. The van der Waals surface area contributed by atoms with Crippen molar-refractivity contribution in [1.82, 2.24) is 4.90 Å². The van der Waals surface area contributed by atoms with Gasteiger partial charge in [-0.3, -0.25) is 4.79 Å². The highest BCUT2D eigenvalue weighted by Gasteiger charge is 2.28. The number of rotatable bonds is 4. The molecule has 2 atom stereocenters. The van der Waals surface area contributed by atoms with E-state index in [1.165, 1.54) is 0 Å². The minimum Gasteiger partial charge on any atom is -0.484 e. The van der Waals surface area contributed by atoms with Crippen molar-refractivity contribution in [3.05, 3.63) is 29.3 Å². The second kappa shape index (κ2) is 6.95. The molecule has 20 heavy (non-hydrogen) atoms. The molecule has 0 bridgehead atoms. The summed E-state index contributed by atoms with van der Waals surface area (Å²) in [7, 11) is 0. The molecular weight excluding hydrogens is 276 g/mol. The van der Waals surface area contributed by atoms with Gasteiger partial charge in [-0.25, -0.2) is 0 Å². The maximum atomic E-state index is 12.2. The molecule has 1 aromatic rings. The van der Waals surface area contributed by atoms with Crippen LogP contribution in [0.5, 0.6) is 5.75 Å². The normalized spacial score (nSPS) is 22.6. The molecule has 5 heteroatoms. The number of hydrogen-bond donors (Lipinski definition) is 1. The molecule has 0 radical (unpaired) electrons. The van der Waals surface area contributed by atoms with Crippen LogP contribution in [-0.2, 0) is 4.79 Å². The van der Waals surface area contributed by atoms with Crippen LogP contribution in [0.2, 0.25) is 5.02 Å². The Morgan fingerprint density at radius 2 is 2.10 bits per heavy atom. The highest BCUT2D eigenvalue weighted by molar-refractivity contribution is 6.30. The summed E-state index contributed by atoms with van der Waals surface area (Å²) in [4.78, 5) is 14.1. The van der Waals surface area contributed by atoms with Gasteiger partial charge in [-0.1, -0.05) is 11.6 Å². The van der Waals surface area contributed by atoms with E-state index in [9.17, 15) is 4.79 Å². The molecule has 110 valence electrons.